The summed E-state index contributed by atoms with van der Waals surface area (Å²) in [6.45, 7) is 6.46. The van der Waals surface area contributed by atoms with Crippen molar-refractivity contribution in [2.45, 2.75) is 38.2 Å². The van der Waals surface area contributed by atoms with Gasteiger partial charge in [0.25, 0.3) is 0 Å². The smallest absolute Gasteiger partial charge is 0.223 e. The van der Waals surface area contributed by atoms with Gasteiger partial charge in [-0.2, -0.15) is 0 Å². The molecule has 0 aromatic heterocycles. The fourth-order valence-corrected chi connectivity index (χ4v) is 2.91. The SMILES string of the molecule is NCCC(=O)N1CCC(OCCN2CCCC2)CC1. The summed E-state index contributed by atoms with van der Waals surface area (Å²) >= 11 is 0. The zero-order valence-corrected chi connectivity index (χ0v) is 11.9. The molecule has 19 heavy (non-hydrogen) atoms. The van der Waals surface area contributed by atoms with Crippen LogP contribution >= 0.6 is 0 Å². The normalized spacial score (nSPS) is 22.1. The topological polar surface area (TPSA) is 58.8 Å². The molecule has 0 spiro atoms. The van der Waals surface area contributed by atoms with E-state index in [4.69, 9.17) is 10.5 Å². The Balaban J connectivity index is 1.56. The van der Waals surface area contributed by atoms with Gasteiger partial charge in [-0.1, -0.05) is 0 Å². The summed E-state index contributed by atoms with van der Waals surface area (Å²) in [5, 5.41) is 0. The molecule has 0 unspecified atom stereocenters. The Bertz CT molecular complexity index is 272. The summed E-state index contributed by atoms with van der Waals surface area (Å²) in [5.41, 5.74) is 5.41. The Morgan fingerprint density at radius 2 is 1.84 bits per heavy atom. The molecule has 0 aromatic rings. The minimum Gasteiger partial charge on any atom is -0.377 e. The average Bonchev–Trinajstić information content (AvgIpc) is 2.93. The number of nitrogens with zero attached hydrogens (tertiary/aromatic N) is 2. The van der Waals surface area contributed by atoms with Gasteiger partial charge in [-0.3, -0.25) is 4.79 Å². The summed E-state index contributed by atoms with van der Waals surface area (Å²) in [4.78, 5) is 16.1. The van der Waals surface area contributed by atoms with E-state index in [1.165, 1.54) is 25.9 Å². The molecule has 0 radical (unpaired) electrons. The van der Waals surface area contributed by atoms with Crippen molar-refractivity contribution in [1.29, 1.82) is 0 Å². The number of rotatable bonds is 6. The van der Waals surface area contributed by atoms with Crippen LogP contribution in [0.1, 0.15) is 32.1 Å². The van der Waals surface area contributed by atoms with Gasteiger partial charge in [-0.25, -0.2) is 0 Å². The number of carbonyl (C=O) groups is 1. The summed E-state index contributed by atoms with van der Waals surface area (Å²) in [5.74, 6) is 0.193. The van der Waals surface area contributed by atoms with Gasteiger partial charge in [0.05, 0.1) is 12.7 Å². The lowest BCUT2D eigenvalue weighted by atomic mass is 10.1. The number of ether oxygens (including phenoxy) is 1. The van der Waals surface area contributed by atoms with Gasteiger partial charge >= 0.3 is 0 Å². The Morgan fingerprint density at radius 1 is 1.16 bits per heavy atom. The van der Waals surface area contributed by atoms with E-state index in [1.54, 1.807) is 0 Å². The van der Waals surface area contributed by atoms with Gasteiger partial charge in [0, 0.05) is 32.6 Å². The molecule has 2 fully saturated rings. The third kappa shape index (κ3) is 4.75. The molecule has 5 nitrogen and oxygen atoms in total. The van der Waals surface area contributed by atoms with E-state index >= 15 is 0 Å². The predicted molar refractivity (Wildman–Crippen MR) is 74.9 cm³/mol. The van der Waals surface area contributed by atoms with Crippen LogP contribution in [0.2, 0.25) is 0 Å². The first-order valence-corrected chi connectivity index (χ1v) is 7.61. The van der Waals surface area contributed by atoms with Crippen LogP contribution in [0.15, 0.2) is 0 Å². The number of likely N-dealkylation sites (tertiary alicyclic amines) is 2. The lowest BCUT2D eigenvalue weighted by Crippen LogP contribution is -2.42. The second-order valence-electron chi connectivity index (χ2n) is 5.54. The molecule has 2 aliphatic heterocycles. The van der Waals surface area contributed by atoms with Crippen molar-refractivity contribution in [2.24, 2.45) is 5.73 Å². The van der Waals surface area contributed by atoms with Crippen LogP contribution < -0.4 is 5.73 Å². The second kappa shape index (κ2) is 7.82. The van der Waals surface area contributed by atoms with Crippen LogP contribution in [-0.2, 0) is 9.53 Å². The molecular weight excluding hydrogens is 242 g/mol. The minimum atomic E-state index is 0.193. The molecule has 2 saturated heterocycles. The number of piperidine rings is 1. The highest BCUT2D eigenvalue weighted by atomic mass is 16.5. The van der Waals surface area contributed by atoms with Gasteiger partial charge in [0.15, 0.2) is 0 Å². The molecular formula is C14H27N3O2. The van der Waals surface area contributed by atoms with Gasteiger partial charge in [-0.05, 0) is 38.8 Å². The van der Waals surface area contributed by atoms with E-state index in [0.717, 1.165) is 39.1 Å². The van der Waals surface area contributed by atoms with Gasteiger partial charge in [0.1, 0.15) is 0 Å². The molecule has 1 amide bonds. The van der Waals surface area contributed by atoms with Crippen molar-refractivity contribution >= 4 is 5.91 Å². The average molecular weight is 269 g/mol. The summed E-state index contributed by atoms with van der Waals surface area (Å²) in [6.07, 6.45) is 5.42. The van der Waals surface area contributed by atoms with Crippen LogP contribution in [0.4, 0.5) is 0 Å². The van der Waals surface area contributed by atoms with Crippen molar-refractivity contribution in [3.63, 3.8) is 0 Å². The van der Waals surface area contributed by atoms with E-state index in [9.17, 15) is 4.79 Å². The molecule has 2 N–H and O–H groups in total. The molecule has 0 aliphatic carbocycles. The maximum absolute atomic E-state index is 11.7. The van der Waals surface area contributed by atoms with Crippen molar-refractivity contribution in [2.75, 3.05) is 45.9 Å². The van der Waals surface area contributed by atoms with Crippen LogP contribution in [-0.4, -0.2) is 67.7 Å². The van der Waals surface area contributed by atoms with E-state index in [1.807, 2.05) is 4.90 Å². The highest BCUT2D eigenvalue weighted by molar-refractivity contribution is 5.76. The van der Waals surface area contributed by atoms with Crippen LogP contribution in [0.5, 0.6) is 0 Å². The molecule has 0 aromatic carbocycles. The first-order valence-electron chi connectivity index (χ1n) is 7.61. The van der Waals surface area contributed by atoms with Crippen LogP contribution in [0, 0.1) is 0 Å². The third-order valence-electron chi connectivity index (χ3n) is 4.11. The maximum Gasteiger partial charge on any atom is 0.223 e. The van der Waals surface area contributed by atoms with Crippen molar-refractivity contribution in [3.05, 3.63) is 0 Å². The highest BCUT2D eigenvalue weighted by Gasteiger charge is 2.22. The third-order valence-corrected chi connectivity index (χ3v) is 4.11. The first kappa shape index (κ1) is 14.8. The number of carbonyl (C=O) groups excluding carboxylic acids is 1. The first-order chi connectivity index (χ1) is 9.29. The molecule has 0 atom stereocenters. The van der Waals surface area contributed by atoms with Crippen molar-refractivity contribution < 1.29 is 9.53 Å². The Hall–Kier alpha value is -0.650. The number of amides is 1. The number of hydrogen-bond donors (Lipinski definition) is 1. The fourth-order valence-electron chi connectivity index (χ4n) is 2.91. The quantitative estimate of drug-likeness (QED) is 0.760. The molecule has 2 heterocycles. The maximum atomic E-state index is 11.7. The monoisotopic (exact) mass is 269 g/mol. The van der Waals surface area contributed by atoms with Crippen molar-refractivity contribution in [1.82, 2.24) is 9.80 Å². The molecule has 110 valence electrons. The predicted octanol–water partition coefficient (Wildman–Crippen LogP) is 0.439. The number of nitrogens with two attached hydrogens (primary N) is 1. The van der Waals surface area contributed by atoms with E-state index in [0.29, 0.717) is 19.1 Å². The molecule has 2 rings (SSSR count). The lowest BCUT2D eigenvalue weighted by molar-refractivity contribution is -0.133. The zero-order valence-electron chi connectivity index (χ0n) is 11.9. The molecule has 2 aliphatic rings. The lowest BCUT2D eigenvalue weighted by Gasteiger charge is -2.32. The summed E-state index contributed by atoms with van der Waals surface area (Å²) in [6, 6.07) is 0. The molecule has 0 saturated carbocycles. The van der Waals surface area contributed by atoms with Crippen LogP contribution in [0.25, 0.3) is 0 Å². The summed E-state index contributed by atoms with van der Waals surface area (Å²) < 4.78 is 5.93. The van der Waals surface area contributed by atoms with E-state index < -0.39 is 0 Å². The fraction of sp³-hybridized carbons (Fsp3) is 0.929. The molecule has 5 heteroatoms. The zero-order chi connectivity index (χ0) is 13.5. The summed E-state index contributed by atoms with van der Waals surface area (Å²) in [7, 11) is 0. The number of hydrogen-bond acceptors (Lipinski definition) is 4. The van der Waals surface area contributed by atoms with Gasteiger partial charge < -0.3 is 20.3 Å². The minimum absolute atomic E-state index is 0.193. The molecule has 0 bridgehead atoms. The Labute approximate surface area is 116 Å². The Morgan fingerprint density at radius 3 is 2.47 bits per heavy atom. The van der Waals surface area contributed by atoms with Gasteiger partial charge in [0.2, 0.25) is 5.91 Å². The second-order valence-corrected chi connectivity index (χ2v) is 5.54. The van der Waals surface area contributed by atoms with Crippen molar-refractivity contribution in [3.8, 4) is 0 Å². The largest absolute Gasteiger partial charge is 0.377 e. The van der Waals surface area contributed by atoms with Crippen LogP contribution in [0.3, 0.4) is 0 Å². The van der Waals surface area contributed by atoms with E-state index in [-0.39, 0.29) is 5.91 Å². The van der Waals surface area contributed by atoms with E-state index in [2.05, 4.69) is 4.90 Å². The standard InChI is InChI=1S/C14H27N3O2/c15-6-3-14(18)17-9-4-13(5-10-17)19-12-11-16-7-1-2-8-16/h13H,1-12,15H2. The van der Waals surface area contributed by atoms with Gasteiger partial charge in [-0.15, -0.1) is 0 Å². The Kier molecular flexibility index (Phi) is 6.07. The highest BCUT2D eigenvalue weighted by Crippen LogP contribution is 2.15.